The van der Waals surface area contributed by atoms with Gasteiger partial charge in [0.15, 0.2) is 0 Å². The van der Waals surface area contributed by atoms with E-state index in [-0.39, 0.29) is 30.5 Å². The minimum atomic E-state index is -2.15. The monoisotopic (exact) mass is 663 g/mol. The van der Waals surface area contributed by atoms with Gasteiger partial charge in [0.25, 0.3) is 0 Å². The standard InChI is InChI=1S/C32H43Cl2N3O4SSi/c1-18(2)43(19(3)4,20(5)6)41-27-13-24(11-21(27)16-38)37-31-25(15-35-17-36-31)29(39)28-14-26(30(34)42-28)32(7,40)22-9-8-10-23(33)12-22/h8-10,12,14-15,17-21,24,27,38,40H,11,13,16H2,1-7H3,(H,35,36,37)/t21-,24-,27+,32+/m1/s1. The van der Waals surface area contributed by atoms with Crippen molar-refractivity contribution in [2.75, 3.05) is 11.9 Å². The molecule has 43 heavy (non-hydrogen) atoms. The van der Waals surface area contributed by atoms with Crippen LogP contribution in [-0.2, 0) is 10.0 Å². The van der Waals surface area contributed by atoms with Crippen LogP contribution in [0.25, 0.3) is 0 Å². The predicted octanol–water partition coefficient (Wildman–Crippen LogP) is 8.08. The third-order valence-corrected chi connectivity index (χ3v) is 16.8. The van der Waals surface area contributed by atoms with Gasteiger partial charge in [-0.25, -0.2) is 9.97 Å². The minimum Gasteiger partial charge on any atom is -0.413 e. The number of ketones is 1. The minimum absolute atomic E-state index is 0.00556. The lowest BCUT2D eigenvalue weighted by molar-refractivity contribution is 0.0941. The quantitative estimate of drug-likeness (QED) is 0.133. The number of halogens is 2. The number of hydrogen-bond acceptors (Lipinski definition) is 8. The molecule has 0 spiro atoms. The number of carbonyl (C=O) groups is 1. The first-order chi connectivity index (χ1) is 20.2. The van der Waals surface area contributed by atoms with Crippen LogP contribution in [0, 0.1) is 5.92 Å². The van der Waals surface area contributed by atoms with Gasteiger partial charge >= 0.3 is 0 Å². The Kier molecular flexibility index (Phi) is 10.8. The molecule has 0 radical (unpaired) electrons. The topological polar surface area (TPSA) is 105 Å². The molecule has 1 aromatic carbocycles. The number of benzene rings is 1. The average Bonchev–Trinajstić information content (AvgIpc) is 3.53. The molecule has 7 nitrogen and oxygen atoms in total. The van der Waals surface area contributed by atoms with Crippen molar-refractivity contribution in [2.24, 2.45) is 5.92 Å². The fraction of sp³-hybridized carbons (Fsp3) is 0.531. The zero-order chi connectivity index (χ0) is 31.7. The van der Waals surface area contributed by atoms with Crippen LogP contribution in [0.1, 0.15) is 87.7 Å². The smallest absolute Gasteiger partial charge is 0.208 e. The first-order valence-electron chi connectivity index (χ1n) is 14.9. The molecular weight excluding hydrogens is 621 g/mol. The summed E-state index contributed by atoms with van der Waals surface area (Å²) in [7, 11) is -2.15. The number of anilines is 1. The van der Waals surface area contributed by atoms with Crippen LogP contribution in [0.15, 0.2) is 42.9 Å². The SMILES string of the molecule is CC(C)[Si](O[C@H]1C[C@H](Nc2ncncc2C(=O)c2cc([C@@](C)(O)c3cccc(Cl)c3)c(Cl)s2)C[C@@H]1CO)(C(C)C)C(C)C. The molecule has 0 unspecified atom stereocenters. The fourth-order valence-electron chi connectivity index (χ4n) is 6.91. The Morgan fingerprint density at radius 1 is 1.14 bits per heavy atom. The van der Waals surface area contributed by atoms with E-state index in [0.29, 0.717) is 66.2 Å². The van der Waals surface area contributed by atoms with Gasteiger partial charge in [-0.05, 0) is 60.2 Å². The van der Waals surface area contributed by atoms with Gasteiger partial charge in [0.2, 0.25) is 14.1 Å². The highest BCUT2D eigenvalue weighted by Crippen LogP contribution is 2.46. The molecule has 3 aromatic rings. The molecule has 1 aliphatic rings. The van der Waals surface area contributed by atoms with E-state index < -0.39 is 13.9 Å². The molecule has 1 saturated carbocycles. The van der Waals surface area contributed by atoms with Crippen LogP contribution < -0.4 is 5.32 Å². The Balaban J connectivity index is 1.57. The number of rotatable bonds is 12. The summed E-state index contributed by atoms with van der Waals surface area (Å²) in [5.41, 5.74) is 1.16. The van der Waals surface area contributed by atoms with Crippen molar-refractivity contribution in [1.29, 1.82) is 0 Å². The summed E-state index contributed by atoms with van der Waals surface area (Å²) < 4.78 is 7.40. The lowest BCUT2D eigenvalue weighted by Crippen LogP contribution is -2.51. The highest BCUT2D eigenvalue weighted by Gasteiger charge is 2.49. The van der Waals surface area contributed by atoms with Gasteiger partial charge in [-0.3, -0.25) is 4.79 Å². The van der Waals surface area contributed by atoms with E-state index >= 15 is 0 Å². The number of aliphatic hydroxyl groups excluding tert-OH is 1. The van der Waals surface area contributed by atoms with Gasteiger partial charge < -0.3 is 20.0 Å². The average molecular weight is 665 g/mol. The van der Waals surface area contributed by atoms with Crippen molar-refractivity contribution >= 4 is 54.5 Å². The molecule has 2 aromatic heterocycles. The summed E-state index contributed by atoms with van der Waals surface area (Å²) in [4.78, 5) is 22.7. The fourth-order valence-corrected chi connectivity index (χ4v) is 14.2. The molecule has 234 valence electrons. The number of aromatic nitrogens is 2. The number of hydrogen-bond donors (Lipinski definition) is 3. The Morgan fingerprint density at radius 3 is 2.42 bits per heavy atom. The lowest BCUT2D eigenvalue weighted by Gasteiger charge is -2.45. The molecule has 0 bridgehead atoms. The first-order valence-corrected chi connectivity index (χ1v) is 18.6. The Hall–Kier alpha value is -1.85. The van der Waals surface area contributed by atoms with E-state index in [2.05, 4.69) is 56.8 Å². The maximum Gasteiger partial charge on any atom is 0.208 e. The normalized spacial score (nSPS) is 20.7. The van der Waals surface area contributed by atoms with E-state index in [4.69, 9.17) is 27.6 Å². The van der Waals surface area contributed by atoms with Crippen molar-refractivity contribution in [3.8, 4) is 0 Å². The molecule has 3 N–H and O–H groups in total. The summed E-state index contributed by atoms with van der Waals surface area (Å²) >= 11 is 13.9. The molecule has 0 saturated heterocycles. The van der Waals surface area contributed by atoms with Crippen LogP contribution in [0.3, 0.4) is 0 Å². The van der Waals surface area contributed by atoms with Crippen molar-refractivity contribution < 1.29 is 19.4 Å². The Bertz CT molecular complexity index is 1410. The first kappa shape index (κ1) is 34.0. The van der Waals surface area contributed by atoms with Gasteiger partial charge in [-0.2, -0.15) is 0 Å². The number of nitrogens with one attached hydrogen (secondary N) is 1. The van der Waals surface area contributed by atoms with Gasteiger partial charge in [0.1, 0.15) is 17.7 Å². The summed E-state index contributed by atoms with van der Waals surface area (Å²) in [5.74, 6) is 0.127. The molecule has 1 aliphatic carbocycles. The number of aliphatic hydroxyl groups is 2. The molecule has 4 rings (SSSR count). The van der Waals surface area contributed by atoms with Crippen molar-refractivity contribution in [3.63, 3.8) is 0 Å². The van der Waals surface area contributed by atoms with Crippen LogP contribution in [-0.4, -0.2) is 53.0 Å². The molecule has 2 heterocycles. The molecular formula is C32H43Cl2N3O4SSi. The van der Waals surface area contributed by atoms with Gasteiger partial charge in [-0.1, -0.05) is 76.9 Å². The highest BCUT2D eigenvalue weighted by molar-refractivity contribution is 7.18. The van der Waals surface area contributed by atoms with E-state index in [1.807, 2.05) is 0 Å². The second kappa shape index (κ2) is 13.6. The Morgan fingerprint density at radius 2 is 1.81 bits per heavy atom. The van der Waals surface area contributed by atoms with E-state index in [9.17, 15) is 15.0 Å². The highest BCUT2D eigenvalue weighted by atomic mass is 35.5. The largest absolute Gasteiger partial charge is 0.413 e. The summed E-state index contributed by atoms with van der Waals surface area (Å²) in [5, 5.41) is 25.7. The summed E-state index contributed by atoms with van der Waals surface area (Å²) in [6.07, 6.45) is 4.25. The molecule has 4 atom stereocenters. The molecule has 11 heteroatoms. The maximum absolute atomic E-state index is 13.8. The predicted molar refractivity (Wildman–Crippen MR) is 178 cm³/mol. The van der Waals surface area contributed by atoms with E-state index in [1.54, 1.807) is 37.3 Å². The third-order valence-electron chi connectivity index (χ3n) is 9.05. The van der Waals surface area contributed by atoms with E-state index in [0.717, 1.165) is 11.3 Å². The molecule has 0 aliphatic heterocycles. The second-order valence-corrected chi connectivity index (χ2v) is 20.2. The van der Waals surface area contributed by atoms with Crippen molar-refractivity contribution in [2.45, 2.75) is 95.7 Å². The zero-order valence-corrected chi connectivity index (χ0v) is 29.2. The Labute approximate surface area is 270 Å². The van der Waals surface area contributed by atoms with Crippen LogP contribution in [0.4, 0.5) is 5.82 Å². The van der Waals surface area contributed by atoms with Crippen LogP contribution in [0.2, 0.25) is 26.0 Å². The lowest BCUT2D eigenvalue weighted by atomic mass is 9.89. The van der Waals surface area contributed by atoms with Crippen LogP contribution in [0.5, 0.6) is 0 Å². The second-order valence-electron chi connectivity index (χ2n) is 12.7. The number of thiophene rings is 1. The number of nitrogens with zero attached hydrogens (tertiary/aromatic N) is 2. The summed E-state index contributed by atoms with van der Waals surface area (Å²) in [6.45, 7) is 15.3. The zero-order valence-electron chi connectivity index (χ0n) is 25.9. The van der Waals surface area contributed by atoms with Crippen molar-refractivity contribution in [1.82, 2.24) is 9.97 Å². The molecule has 1 fully saturated rings. The van der Waals surface area contributed by atoms with E-state index in [1.165, 1.54) is 12.5 Å². The summed E-state index contributed by atoms with van der Waals surface area (Å²) in [6, 6.07) is 8.53. The van der Waals surface area contributed by atoms with Crippen LogP contribution >= 0.6 is 34.5 Å². The van der Waals surface area contributed by atoms with Gasteiger partial charge in [0.05, 0.1) is 20.9 Å². The van der Waals surface area contributed by atoms with Gasteiger partial charge in [0, 0.05) is 35.3 Å². The maximum atomic E-state index is 13.8. The van der Waals surface area contributed by atoms with Crippen molar-refractivity contribution in [3.05, 3.63) is 73.8 Å². The third kappa shape index (κ3) is 6.88. The number of carbonyl (C=O) groups excluding carboxylic acids is 1. The van der Waals surface area contributed by atoms with Gasteiger partial charge in [-0.15, -0.1) is 11.3 Å². The molecule has 0 amide bonds.